The molecule has 0 saturated heterocycles. The van der Waals surface area contributed by atoms with Gasteiger partial charge in [-0.3, -0.25) is 0 Å². The first-order chi connectivity index (χ1) is 9.47. The zero-order chi connectivity index (χ0) is 14.3. The lowest BCUT2D eigenvalue weighted by Gasteiger charge is -2.40. The van der Waals surface area contributed by atoms with Crippen LogP contribution in [0, 0.1) is 5.21 Å². The van der Waals surface area contributed by atoms with Crippen molar-refractivity contribution in [3.63, 3.8) is 0 Å². The highest BCUT2D eigenvalue weighted by molar-refractivity contribution is 6.36. The van der Waals surface area contributed by atoms with Gasteiger partial charge in [-0.05, 0) is 12.1 Å². The van der Waals surface area contributed by atoms with Gasteiger partial charge in [-0.2, -0.15) is 0 Å². The molecular formula is C15H13Cl2NO2. The quantitative estimate of drug-likeness (QED) is 0.518. The summed E-state index contributed by atoms with van der Waals surface area (Å²) >= 11 is 12.2. The van der Waals surface area contributed by atoms with Gasteiger partial charge in [0.05, 0.1) is 18.6 Å². The zero-order valence-electron chi connectivity index (χ0n) is 10.9. The number of nitrogens with zero attached hydrogens (tertiary/aromatic N) is 1. The second kappa shape index (κ2) is 4.93. The Bertz CT molecular complexity index is 671. The summed E-state index contributed by atoms with van der Waals surface area (Å²) in [6.45, 7) is 0.407. The molecule has 104 valence electrons. The van der Waals surface area contributed by atoms with E-state index in [4.69, 9.17) is 27.9 Å². The molecule has 0 aromatic heterocycles. The summed E-state index contributed by atoms with van der Waals surface area (Å²) in [6.07, 6.45) is 0.639. The van der Waals surface area contributed by atoms with E-state index in [1.807, 2.05) is 24.3 Å². The van der Waals surface area contributed by atoms with Gasteiger partial charge in [0.15, 0.2) is 5.69 Å². The minimum Gasteiger partial charge on any atom is -0.627 e. The SMILES string of the molecule is C[N+]1([O-])CCc2ccccc2Oc2c(Cl)cc(Cl)cc21. The molecule has 0 N–H and O–H groups in total. The van der Waals surface area contributed by atoms with Gasteiger partial charge in [0.25, 0.3) is 0 Å². The Labute approximate surface area is 127 Å². The standard InChI is InChI=1S/C15H13Cl2NO2/c1-18(19)7-6-10-4-2-3-5-14(10)20-15-12(17)8-11(16)9-13(15)18/h2-5,8-9H,6-7H2,1H3. The van der Waals surface area contributed by atoms with Gasteiger partial charge >= 0.3 is 0 Å². The summed E-state index contributed by atoms with van der Waals surface area (Å²) in [5, 5.41) is 13.6. The van der Waals surface area contributed by atoms with E-state index in [2.05, 4.69) is 0 Å². The number of quaternary nitrogens is 1. The predicted octanol–water partition coefficient (Wildman–Crippen LogP) is 4.78. The van der Waals surface area contributed by atoms with Crippen LogP contribution in [-0.2, 0) is 6.42 Å². The fraction of sp³-hybridized carbons (Fsp3) is 0.200. The van der Waals surface area contributed by atoms with E-state index in [-0.39, 0.29) is 0 Å². The van der Waals surface area contributed by atoms with Gasteiger partial charge in [-0.15, -0.1) is 0 Å². The van der Waals surface area contributed by atoms with Gasteiger partial charge < -0.3 is 14.6 Å². The molecule has 0 radical (unpaired) electrons. The summed E-state index contributed by atoms with van der Waals surface area (Å²) in [7, 11) is 1.59. The average molecular weight is 310 g/mol. The first-order valence-electron chi connectivity index (χ1n) is 6.29. The molecule has 0 saturated carbocycles. The number of para-hydroxylation sites is 1. The monoisotopic (exact) mass is 309 g/mol. The van der Waals surface area contributed by atoms with Crippen molar-refractivity contribution >= 4 is 28.9 Å². The van der Waals surface area contributed by atoms with E-state index < -0.39 is 4.65 Å². The molecule has 0 bridgehead atoms. The van der Waals surface area contributed by atoms with Crippen LogP contribution in [0.2, 0.25) is 10.0 Å². The van der Waals surface area contributed by atoms with E-state index in [1.54, 1.807) is 19.2 Å². The summed E-state index contributed by atoms with van der Waals surface area (Å²) in [5.41, 5.74) is 1.46. The largest absolute Gasteiger partial charge is 0.627 e. The lowest BCUT2D eigenvalue weighted by molar-refractivity contribution is 0.394. The number of rotatable bonds is 0. The predicted molar refractivity (Wildman–Crippen MR) is 82.6 cm³/mol. The van der Waals surface area contributed by atoms with Crippen molar-refractivity contribution < 1.29 is 4.74 Å². The third-order valence-electron chi connectivity index (χ3n) is 3.49. The Hall–Kier alpha value is -1.26. The zero-order valence-corrected chi connectivity index (χ0v) is 12.4. The lowest BCUT2D eigenvalue weighted by Crippen LogP contribution is -2.41. The van der Waals surface area contributed by atoms with E-state index >= 15 is 0 Å². The maximum absolute atomic E-state index is 12.8. The second-order valence-corrected chi connectivity index (χ2v) is 5.86. The number of hydrogen-bond acceptors (Lipinski definition) is 2. The normalized spacial score (nSPS) is 21.2. The van der Waals surface area contributed by atoms with Gasteiger partial charge in [0.2, 0.25) is 5.75 Å². The Kier molecular flexibility index (Phi) is 3.38. The summed E-state index contributed by atoms with van der Waals surface area (Å²) < 4.78 is 5.33. The van der Waals surface area contributed by atoms with Crippen LogP contribution in [0.5, 0.6) is 11.5 Å². The third-order valence-corrected chi connectivity index (χ3v) is 3.99. The summed E-state index contributed by atoms with van der Waals surface area (Å²) in [4.78, 5) is 0. The number of hydrogen-bond donors (Lipinski definition) is 0. The number of fused-ring (bicyclic) bond motifs is 2. The molecule has 0 aliphatic carbocycles. The van der Waals surface area contributed by atoms with E-state index in [1.165, 1.54) is 0 Å². The number of benzene rings is 2. The first-order valence-corrected chi connectivity index (χ1v) is 7.05. The van der Waals surface area contributed by atoms with Crippen LogP contribution < -0.4 is 9.38 Å². The summed E-state index contributed by atoms with van der Waals surface area (Å²) in [6, 6.07) is 10.9. The van der Waals surface area contributed by atoms with Gasteiger partial charge in [-0.25, -0.2) is 0 Å². The van der Waals surface area contributed by atoms with Crippen molar-refractivity contribution in [2.75, 3.05) is 13.6 Å². The van der Waals surface area contributed by atoms with Crippen LogP contribution >= 0.6 is 23.2 Å². The van der Waals surface area contributed by atoms with Crippen LogP contribution in [-0.4, -0.2) is 13.6 Å². The van der Waals surface area contributed by atoms with Gasteiger partial charge in [-0.1, -0.05) is 41.4 Å². The molecule has 0 fully saturated rings. The van der Waals surface area contributed by atoms with Crippen molar-refractivity contribution in [1.29, 1.82) is 0 Å². The van der Waals surface area contributed by atoms with E-state index in [9.17, 15) is 5.21 Å². The molecule has 2 aromatic carbocycles. The van der Waals surface area contributed by atoms with Gasteiger partial charge in [0, 0.05) is 23.1 Å². The maximum Gasteiger partial charge on any atom is 0.206 e. The second-order valence-electron chi connectivity index (χ2n) is 5.02. The Morgan fingerprint density at radius 3 is 2.75 bits per heavy atom. The fourth-order valence-corrected chi connectivity index (χ4v) is 2.89. The minimum absolute atomic E-state index is 0.351. The van der Waals surface area contributed by atoms with Crippen molar-refractivity contribution in [3.8, 4) is 11.5 Å². The molecule has 1 aliphatic rings. The smallest absolute Gasteiger partial charge is 0.206 e. The van der Waals surface area contributed by atoms with Crippen molar-refractivity contribution in [2.45, 2.75) is 6.42 Å². The molecule has 3 nitrogen and oxygen atoms in total. The van der Waals surface area contributed by atoms with Crippen LogP contribution in [0.3, 0.4) is 0 Å². The molecule has 3 rings (SSSR count). The van der Waals surface area contributed by atoms with Crippen LogP contribution in [0.15, 0.2) is 36.4 Å². The molecular weight excluding hydrogens is 297 g/mol. The van der Waals surface area contributed by atoms with E-state index in [0.29, 0.717) is 34.4 Å². The number of halogens is 2. The van der Waals surface area contributed by atoms with Crippen molar-refractivity contribution in [1.82, 2.24) is 4.65 Å². The molecule has 0 amide bonds. The van der Waals surface area contributed by atoms with E-state index in [0.717, 1.165) is 11.3 Å². The molecule has 0 spiro atoms. The molecule has 1 unspecified atom stereocenters. The first kappa shape index (κ1) is 13.7. The third kappa shape index (κ3) is 2.38. The van der Waals surface area contributed by atoms with Gasteiger partial charge in [0.1, 0.15) is 5.75 Å². The molecule has 1 heterocycles. The van der Waals surface area contributed by atoms with Crippen molar-refractivity contribution in [3.05, 3.63) is 57.2 Å². The maximum atomic E-state index is 12.8. The molecule has 5 heteroatoms. The van der Waals surface area contributed by atoms with Crippen LogP contribution in [0.1, 0.15) is 5.56 Å². The van der Waals surface area contributed by atoms with Crippen molar-refractivity contribution in [2.24, 2.45) is 0 Å². The number of ether oxygens (including phenoxy) is 1. The molecule has 1 atom stereocenters. The molecule has 20 heavy (non-hydrogen) atoms. The average Bonchev–Trinajstić information content (AvgIpc) is 2.39. The topological polar surface area (TPSA) is 32.3 Å². The number of hydroxylamine groups is 2. The Balaban J connectivity index is 2.21. The fourth-order valence-electron chi connectivity index (χ4n) is 2.37. The highest BCUT2D eigenvalue weighted by Crippen LogP contribution is 2.45. The Morgan fingerprint density at radius 2 is 1.95 bits per heavy atom. The highest BCUT2D eigenvalue weighted by atomic mass is 35.5. The summed E-state index contributed by atoms with van der Waals surface area (Å²) in [5.74, 6) is 1.12. The Morgan fingerprint density at radius 1 is 1.20 bits per heavy atom. The number of likely N-dealkylation sites (N-methyl/N-ethyl adjacent to an activating group) is 1. The lowest BCUT2D eigenvalue weighted by atomic mass is 10.1. The highest BCUT2D eigenvalue weighted by Gasteiger charge is 2.27. The minimum atomic E-state index is -0.566. The molecule has 1 aliphatic heterocycles. The van der Waals surface area contributed by atoms with Crippen LogP contribution in [0.25, 0.3) is 0 Å². The molecule has 2 aromatic rings. The van der Waals surface area contributed by atoms with Crippen LogP contribution in [0.4, 0.5) is 5.69 Å².